The molecule has 0 bridgehead atoms. The molecule has 0 radical (unpaired) electrons. The summed E-state index contributed by atoms with van der Waals surface area (Å²) in [6, 6.07) is 14.3. The van der Waals surface area contributed by atoms with Crippen molar-refractivity contribution in [2.75, 3.05) is 7.11 Å². The predicted molar refractivity (Wildman–Crippen MR) is 107 cm³/mol. The molecule has 5 heteroatoms. The van der Waals surface area contributed by atoms with Gasteiger partial charge in [-0.05, 0) is 39.0 Å². The molecule has 28 heavy (non-hydrogen) atoms. The second-order valence-electron chi connectivity index (χ2n) is 7.54. The van der Waals surface area contributed by atoms with Gasteiger partial charge in [0.15, 0.2) is 5.78 Å². The van der Waals surface area contributed by atoms with Crippen LogP contribution in [0, 0.1) is 0 Å². The molecule has 0 aliphatic heterocycles. The third-order valence-electron chi connectivity index (χ3n) is 4.21. The van der Waals surface area contributed by atoms with Gasteiger partial charge in [0.05, 0.1) is 19.1 Å². The lowest BCUT2D eigenvalue weighted by molar-refractivity contribution is -0.154. The minimum absolute atomic E-state index is 0.128. The Kier molecular flexibility index (Phi) is 5.54. The zero-order chi connectivity index (χ0) is 20.3. The van der Waals surface area contributed by atoms with Gasteiger partial charge in [0.2, 0.25) is 0 Å². The van der Waals surface area contributed by atoms with E-state index in [9.17, 15) is 9.59 Å². The zero-order valence-electron chi connectivity index (χ0n) is 16.6. The van der Waals surface area contributed by atoms with Crippen LogP contribution in [0.4, 0.5) is 0 Å². The third-order valence-corrected chi connectivity index (χ3v) is 4.21. The monoisotopic (exact) mass is 380 g/mol. The second-order valence-corrected chi connectivity index (χ2v) is 7.54. The quantitative estimate of drug-likeness (QED) is 0.447. The zero-order valence-corrected chi connectivity index (χ0v) is 16.6. The number of ketones is 1. The molecule has 0 aliphatic rings. The van der Waals surface area contributed by atoms with Crippen molar-refractivity contribution in [1.82, 2.24) is 0 Å². The summed E-state index contributed by atoms with van der Waals surface area (Å²) in [5.74, 6) is 0.632. The minimum Gasteiger partial charge on any atom is -0.497 e. The minimum atomic E-state index is -0.555. The van der Waals surface area contributed by atoms with Gasteiger partial charge in [-0.15, -0.1) is 0 Å². The number of aryl methyl sites for hydroxylation is 1. The van der Waals surface area contributed by atoms with Crippen molar-refractivity contribution in [3.8, 4) is 5.75 Å². The maximum absolute atomic E-state index is 13.2. The van der Waals surface area contributed by atoms with E-state index >= 15 is 0 Å². The number of methoxy groups -OCH3 is 1. The number of rotatable bonds is 6. The van der Waals surface area contributed by atoms with Gasteiger partial charge in [0.25, 0.3) is 0 Å². The van der Waals surface area contributed by atoms with Crippen LogP contribution in [0.5, 0.6) is 5.75 Å². The second kappa shape index (κ2) is 7.89. The van der Waals surface area contributed by atoms with Crippen molar-refractivity contribution in [2.45, 2.75) is 39.2 Å². The molecule has 3 rings (SSSR count). The van der Waals surface area contributed by atoms with Crippen molar-refractivity contribution < 1.29 is 23.5 Å². The Morgan fingerprint density at radius 1 is 1.04 bits per heavy atom. The highest BCUT2D eigenvalue weighted by molar-refractivity contribution is 6.17. The van der Waals surface area contributed by atoms with Gasteiger partial charge in [-0.3, -0.25) is 9.59 Å². The van der Waals surface area contributed by atoms with E-state index in [4.69, 9.17) is 13.9 Å². The number of hydrogen-bond acceptors (Lipinski definition) is 5. The van der Waals surface area contributed by atoms with Crippen molar-refractivity contribution >= 4 is 22.7 Å². The molecule has 0 N–H and O–H groups in total. The highest BCUT2D eigenvalue weighted by atomic mass is 16.6. The molecular formula is C23H24O5. The van der Waals surface area contributed by atoms with Crippen LogP contribution in [-0.4, -0.2) is 24.5 Å². The summed E-state index contributed by atoms with van der Waals surface area (Å²) >= 11 is 0. The average Bonchev–Trinajstić information content (AvgIpc) is 3.02. The predicted octanol–water partition coefficient (Wildman–Crippen LogP) is 4.95. The molecule has 2 aromatic carbocycles. The number of fused-ring (bicyclic) bond motifs is 1. The van der Waals surface area contributed by atoms with Crippen LogP contribution in [0.15, 0.2) is 52.9 Å². The summed E-state index contributed by atoms with van der Waals surface area (Å²) in [6.07, 6.45) is 0.406. The van der Waals surface area contributed by atoms with E-state index in [2.05, 4.69) is 0 Å². The molecule has 0 fully saturated rings. The average molecular weight is 380 g/mol. The van der Waals surface area contributed by atoms with E-state index in [1.165, 1.54) is 0 Å². The maximum Gasteiger partial charge on any atom is 0.306 e. The lowest BCUT2D eigenvalue weighted by atomic mass is 9.98. The van der Waals surface area contributed by atoms with Crippen LogP contribution < -0.4 is 4.74 Å². The molecule has 0 saturated heterocycles. The Morgan fingerprint density at radius 2 is 1.75 bits per heavy atom. The molecule has 0 saturated carbocycles. The fraction of sp³-hybridized carbons (Fsp3) is 0.304. The Bertz CT molecular complexity index is 993. The number of carbonyl (C=O) groups excluding carboxylic acids is 2. The standard InChI is InChI=1S/C23H24O5/c1-23(2,3)28-20(24)13-12-19-21(22(25)15-8-6-5-7-9-15)17-14-16(26-4)10-11-18(17)27-19/h5-11,14H,12-13H2,1-4H3. The van der Waals surface area contributed by atoms with Crippen LogP contribution in [0.3, 0.4) is 0 Å². The number of hydrogen-bond donors (Lipinski definition) is 0. The Morgan fingerprint density at radius 3 is 2.39 bits per heavy atom. The van der Waals surface area contributed by atoms with Crippen LogP contribution in [-0.2, 0) is 16.0 Å². The van der Waals surface area contributed by atoms with Gasteiger partial charge in [0, 0.05) is 17.4 Å². The van der Waals surface area contributed by atoms with E-state index in [1.807, 2.05) is 39.0 Å². The first-order valence-electron chi connectivity index (χ1n) is 9.19. The molecule has 3 aromatic rings. The van der Waals surface area contributed by atoms with Gasteiger partial charge in [-0.1, -0.05) is 30.3 Å². The summed E-state index contributed by atoms with van der Waals surface area (Å²) in [7, 11) is 1.57. The van der Waals surface area contributed by atoms with Crippen molar-refractivity contribution in [3.63, 3.8) is 0 Å². The summed E-state index contributed by atoms with van der Waals surface area (Å²) in [6.45, 7) is 5.47. The van der Waals surface area contributed by atoms with E-state index in [0.29, 0.717) is 33.6 Å². The smallest absolute Gasteiger partial charge is 0.306 e. The maximum atomic E-state index is 13.2. The lowest BCUT2D eigenvalue weighted by Crippen LogP contribution is -2.24. The lowest BCUT2D eigenvalue weighted by Gasteiger charge is -2.19. The number of esters is 1. The Labute approximate surface area is 164 Å². The van der Waals surface area contributed by atoms with E-state index < -0.39 is 5.60 Å². The largest absolute Gasteiger partial charge is 0.497 e. The van der Waals surface area contributed by atoms with Crippen LogP contribution in [0.1, 0.15) is 48.9 Å². The summed E-state index contributed by atoms with van der Waals surface area (Å²) in [5.41, 5.74) is 1.05. The van der Waals surface area contributed by atoms with Crippen LogP contribution in [0.25, 0.3) is 11.0 Å². The van der Waals surface area contributed by atoms with Gasteiger partial charge in [0.1, 0.15) is 22.7 Å². The number of ether oxygens (including phenoxy) is 2. The van der Waals surface area contributed by atoms with Gasteiger partial charge in [-0.2, -0.15) is 0 Å². The molecule has 0 spiro atoms. The highest BCUT2D eigenvalue weighted by Crippen LogP contribution is 2.32. The molecule has 0 aliphatic carbocycles. The van der Waals surface area contributed by atoms with Crippen LogP contribution >= 0.6 is 0 Å². The molecule has 146 valence electrons. The van der Waals surface area contributed by atoms with Crippen molar-refractivity contribution in [1.29, 1.82) is 0 Å². The van der Waals surface area contributed by atoms with Gasteiger partial charge >= 0.3 is 5.97 Å². The molecule has 0 unspecified atom stereocenters. The Hall–Kier alpha value is -3.08. The summed E-state index contributed by atoms with van der Waals surface area (Å²) in [5, 5.41) is 0.674. The normalized spacial score (nSPS) is 11.4. The number of carbonyl (C=O) groups is 2. The fourth-order valence-corrected chi connectivity index (χ4v) is 3.02. The molecule has 0 amide bonds. The number of benzene rings is 2. The van der Waals surface area contributed by atoms with E-state index in [-0.39, 0.29) is 24.6 Å². The first kappa shape index (κ1) is 19.7. The topological polar surface area (TPSA) is 65.7 Å². The molecule has 0 atom stereocenters. The van der Waals surface area contributed by atoms with Crippen molar-refractivity contribution in [3.05, 3.63) is 65.4 Å². The summed E-state index contributed by atoms with van der Waals surface area (Å²) < 4.78 is 16.6. The fourth-order valence-electron chi connectivity index (χ4n) is 3.02. The molecule has 1 aromatic heterocycles. The Balaban J connectivity index is 1.99. The highest BCUT2D eigenvalue weighted by Gasteiger charge is 2.24. The third kappa shape index (κ3) is 4.42. The first-order valence-corrected chi connectivity index (χ1v) is 9.19. The van der Waals surface area contributed by atoms with Gasteiger partial charge < -0.3 is 13.9 Å². The summed E-state index contributed by atoms with van der Waals surface area (Å²) in [4.78, 5) is 25.3. The molecule has 1 heterocycles. The van der Waals surface area contributed by atoms with E-state index in [0.717, 1.165) is 0 Å². The van der Waals surface area contributed by atoms with E-state index in [1.54, 1.807) is 37.4 Å². The number of furan rings is 1. The molecular weight excluding hydrogens is 356 g/mol. The first-order chi connectivity index (χ1) is 13.3. The van der Waals surface area contributed by atoms with Crippen molar-refractivity contribution in [2.24, 2.45) is 0 Å². The van der Waals surface area contributed by atoms with Crippen LogP contribution in [0.2, 0.25) is 0 Å². The SMILES string of the molecule is COc1ccc2oc(CCC(=O)OC(C)(C)C)c(C(=O)c3ccccc3)c2c1. The molecule has 5 nitrogen and oxygen atoms in total. The van der Waals surface area contributed by atoms with Gasteiger partial charge in [-0.25, -0.2) is 0 Å².